The zero-order chi connectivity index (χ0) is 9.28. The molecule has 0 saturated carbocycles. The molecule has 0 aliphatic rings. The molecule has 0 fully saturated rings. The third kappa shape index (κ3) is 3.19. The highest BCUT2D eigenvalue weighted by molar-refractivity contribution is 7.78. The van der Waals surface area contributed by atoms with Gasteiger partial charge in [-0.2, -0.15) is 0 Å². The van der Waals surface area contributed by atoms with E-state index in [1.54, 1.807) is 0 Å². The number of hydrogen-bond acceptors (Lipinski definition) is 1. The molecule has 0 aliphatic heterocycles. The van der Waals surface area contributed by atoms with E-state index in [-0.39, 0.29) is 11.1 Å². The van der Waals surface area contributed by atoms with Gasteiger partial charge in [-0.3, -0.25) is 0 Å². The van der Waals surface area contributed by atoms with Crippen LogP contribution in [0.1, 0.15) is 41.5 Å². The summed E-state index contributed by atoms with van der Waals surface area (Å²) >= 11 is 4.85. The molecular weight excluding hydrogens is 154 g/mol. The van der Waals surface area contributed by atoms with Crippen LogP contribution in [0.25, 0.3) is 0 Å². The lowest BCUT2D eigenvalue weighted by atomic mass is 9.97. The molecule has 0 aromatic heterocycles. The highest BCUT2D eigenvalue weighted by Gasteiger charge is 2.28. The van der Waals surface area contributed by atoms with Crippen LogP contribution in [-0.4, -0.2) is 21.5 Å². The Balaban J connectivity index is 4.56. The summed E-state index contributed by atoms with van der Waals surface area (Å²) in [5, 5.41) is 0. The van der Waals surface area contributed by atoms with Crippen molar-refractivity contribution in [3.05, 3.63) is 0 Å². The Kier molecular flexibility index (Phi) is 3.06. The minimum Gasteiger partial charge on any atom is -0.351 e. The van der Waals surface area contributed by atoms with Crippen LogP contribution in [0.4, 0.5) is 0 Å². The Hall–Kier alpha value is -0.110. The fourth-order valence-electron chi connectivity index (χ4n) is 1.28. The minimum absolute atomic E-state index is 0.0694. The van der Waals surface area contributed by atoms with Gasteiger partial charge in [0.1, 0.15) is 5.49 Å². The molecule has 0 N–H and O–H groups in total. The van der Waals surface area contributed by atoms with Crippen molar-refractivity contribution < 1.29 is 0 Å². The summed E-state index contributed by atoms with van der Waals surface area (Å²) < 4.78 is 0. The summed E-state index contributed by atoms with van der Waals surface area (Å²) in [5.74, 6) is 0. The van der Waals surface area contributed by atoms with E-state index in [0.717, 1.165) is 0 Å². The molecule has 0 amide bonds. The molecule has 0 spiro atoms. The average molecular weight is 172 g/mol. The van der Waals surface area contributed by atoms with Gasteiger partial charge in [-0.15, -0.1) is 0 Å². The van der Waals surface area contributed by atoms with Crippen molar-refractivity contribution in [3.8, 4) is 0 Å². The third-order valence-electron chi connectivity index (χ3n) is 1.43. The monoisotopic (exact) mass is 172 g/mol. The van der Waals surface area contributed by atoms with E-state index in [2.05, 4.69) is 51.9 Å². The molecule has 11 heavy (non-hydrogen) atoms. The van der Waals surface area contributed by atoms with E-state index in [1.165, 1.54) is 0 Å². The molecule has 2 heteroatoms. The maximum Gasteiger partial charge on any atom is 0.137 e. The Bertz CT molecular complexity index is 125. The van der Waals surface area contributed by atoms with Gasteiger partial charge < -0.3 is 4.90 Å². The molecule has 0 aliphatic carbocycles. The highest BCUT2D eigenvalue weighted by atomic mass is 32.1. The lowest BCUT2D eigenvalue weighted by Crippen LogP contribution is -2.51. The van der Waals surface area contributed by atoms with Gasteiger partial charge in [0.25, 0.3) is 0 Å². The normalized spacial score (nSPS) is 12.9. The van der Waals surface area contributed by atoms with Crippen molar-refractivity contribution in [2.24, 2.45) is 0 Å². The third-order valence-corrected chi connectivity index (χ3v) is 1.62. The van der Waals surface area contributed by atoms with Gasteiger partial charge in [0.2, 0.25) is 0 Å². The first-order chi connectivity index (χ1) is 4.69. The van der Waals surface area contributed by atoms with Crippen LogP contribution in [0.5, 0.6) is 0 Å². The van der Waals surface area contributed by atoms with Gasteiger partial charge >= 0.3 is 0 Å². The quantitative estimate of drug-likeness (QED) is 0.442. The summed E-state index contributed by atoms with van der Waals surface area (Å²) in [7, 11) is 0. The zero-order valence-corrected chi connectivity index (χ0v) is 9.17. The fourth-order valence-corrected chi connectivity index (χ4v) is 1.83. The average Bonchev–Trinajstić information content (AvgIpc) is 1.56. The smallest absolute Gasteiger partial charge is 0.137 e. The van der Waals surface area contributed by atoms with Crippen LogP contribution in [0, 0.1) is 0 Å². The van der Waals surface area contributed by atoms with E-state index in [9.17, 15) is 0 Å². The van der Waals surface area contributed by atoms with Crippen molar-refractivity contribution >= 4 is 17.7 Å². The molecule has 0 heterocycles. The van der Waals surface area contributed by atoms with Crippen LogP contribution in [-0.2, 0) is 0 Å². The lowest BCUT2D eigenvalue weighted by Gasteiger charge is -2.43. The number of thiocarbonyl (C=S) groups is 1. The van der Waals surface area contributed by atoms with Crippen molar-refractivity contribution in [2.75, 3.05) is 0 Å². The standard InChI is InChI=1S/C9H18NS/c1-8(2,3)10(7-11)9(4,5)6/h1-6H3. The van der Waals surface area contributed by atoms with Gasteiger partial charge in [-0.1, -0.05) is 12.2 Å². The molecule has 65 valence electrons. The number of nitrogens with zero attached hydrogens (tertiary/aromatic N) is 1. The Morgan fingerprint density at radius 2 is 1.18 bits per heavy atom. The second kappa shape index (κ2) is 3.10. The van der Waals surface area contributed by atoms with Crippen LogP contribution >= 0.6 is 12.2 Å². The first-order valence-electron chi connectivity index (χ1n) is 3.87. The number of hydrogen-bond donors (Lipinski definition) is 0. The molecule has 0 saturated heterocycles. The molecule has 1 radical (unpaired) electrons. The Morgan fingerprint density at radius 3 is 1.18 bits per heavy atom. The van der Waals surface area contributed by atoms with Gasteiger partial charge in [0.15, 0.2) is 0 Å². The molecule has 0 unspecified atom stereocenters. The van der Waals surface area contributed by atoms with Crippen molar-refractivity contribution in [3.63, 3.8) is 0 Å². The molecule has 1 nitrogen and oxygen atoms in total. The summed E-state index contributed by atoms with van der Waals surface area (Å²) in [6, 6.07) is 0. The van der Waals surface area contributed by atoms with E-state index in [1.807, 2.05) is 0 Å². The van der Waals surface area contributed by atoms with Crippen molar-refractivity contribution in [1.29, 1.82) is 0 Å². The summed E-state index contributed by atoms with van der Waals surface area (Å²) in [6.45, 7) is 12.8. The first-order valence-corrected chi connectivity index (χ1v) is 4.28. The second-order valence-electron chi connectivity index (χ2n) is 4.77. The molecule has 0 atom stereocenters. The van der Waals surface area contributed by atoms with E-state index in [4.69, 9.17) is 12.2 Å². The van der Waals surface area contributed by atoms with Gasteiger partial charge in [-0.05, 0) is 41.5 Å². The number of rotatable bonds is 1. The molecule has 0 rings (SSSR count). The summed E-state index contributed by atoms with van der Waals surface area (Å²) in [4.78, 5) is 2.06. The van der Waals surface area contributed by atoms with Crippen LogP contribution in [0.3, 0.4) is 0 Å². The van der Waals surface area contributed by atoms with Crippen molar-refractivity contribution in [1.82, 2.24) is 4.90 Å². The zero-order valence-electron chi connectivity index (χ0n) is 8.36. The van der Waals surface area contributed by atoms with Crippen LogP contribution < -0.4 is 0 Å². The Labute approximate surface area is 75.8 Å². The predicted octanol–water partition coefficient (Wildman–Crippen LogP) is 2.72. The van der Waals surface area contributed by atoms with E-state index >= 15 is 0 Å². The maximum atomic E-state index is 4.85. The summed E-state index contributed by atoms with van der Waals surface area (Å²) in [6.07, 6.45) is 0. The highest BCUT2D eigenvalue weighted by Crippen LogP contribution is 2.22. The molecule has 0 aromatic rings. The van der Waals surface area contributed by atoms with E-state index < -0.39 is 0 Å². The van der Waals surface area contributed by atoms with Gasteiger partial charge in [0, 0.05) is 11.1 Å². The first kappa shape index (κ1) is 10.9. The molecule has 0 aromatic carbocycles. The summed E-state index contributed by atoms with van der Waals surface area (Å²) in [5.41, 5.74) is 2.94. The van der Waals surface area contributed by atoms with Gasteiger partial charge in [0.05, 0.1) is 0 Å². The SMILES string of the molecule is CC(C)(C)N([C]=S)C(C)(C)C. The lowest BCUT2D eigenvalue weighted by molar-refractivity contribution is 0.134. The van der Waals surface area contributed by atoms with E-state index in [0.29, 0.717) is 0 Å². The minimum atomic E-state index is 0.0694. The topological polar surface area (TPSA) is 3.24 Å². The fraction of sp³-hybridized carbons (Fsp3) is 0.889. The largest absolute Gasteiger partial charge is 0.351 e. The molecule has 0 bridgehead atoms. The van der Waals surface area contributed by atoms with Crippen LogP contribution in [0.15, 0.2) is 0 Å². The van der Waals surface area contributed by atoms with Gasteiger partial charge in [-0.25, -0.2) is 0 Å². The Morgan fingerprint density at radius 1 is 0.909 bits per heavy atom. The predicted molar refractivity (Wildman–Crippen MR) is 53.9 cm³/mol. The second-order valence-corrected chi connectivity index (χ2v) is 4.95. The van der Waals surface area contributed by atoms with Crippen LogP contribution in [0.2, 0.25) is 0 Å². The molecular formula is C9H18NS. The van der Waals surface area contributed by atoms with Crippen molar-refractivity contribution in [2.45, 2.75) is 52.6 Å². The maximum absolute atomic E-state index is 4.85.